The van der Waals surface area contributed by atoms with Gasteiger partial charge in [0, 0.05) is 12.5 Å². The summed E-state index contributed by atoms with van der Waals surface area (Å²) in [5.41, 5.74) is 1.82. The van der Waals surface area contributed by atoms with E-state index in [-0.39, 0.29) is 18.6 Å². The van der Waals surface area contributed by atoms with E-state index in [1.165, 1.54) is 0 Å². The molecule has 2 aromatic rings. The number of rotatable bonds is 5. The van der Waals surface area contributed by atoms with Crippen LogP contribution in [0.15, 0.2) is 36.5 Å². The quantitative estimate of drug-likeness (QED) is 0.888. The lowest BCUT2D eigenvalue weighted by molar-refractivity contribution is -0.117. The van der Waals surface area contributed by atoms with Gasteiger partial charge in [0.2, 0.25) is 12.7 Å². The van der Waals surface area contributed by atoms with Gasteiger partial charge in [-0.2, -0.15) is 0 Å². The molecule has 0 atom stereocenters. The van der Waals surface area contributed by atoms with Crippen LogP contribution in [0.4, 0.5) is 11.5 Å². The Balaban J connectivity index is 1.34. The predicted octanol–water partition coefficient (Wildman–Crippen LogP) is 2.77. The Bertz CT molecular complexity index is 726. The number of carbonyl (C=O) groups is 1. The van der Waals surface area contributed by atoms with Gasteiger partial charge in [0.1, 0.15) is 5.82 Å². The summed E-state index contributed by atoms with van der Waals surface area (Å²) in [5, 5.41) is 6.12. The van der Waals surface area contributed by atoms with E-state index in [9.17, 15) is 4.79 Å². The Hall–Kier alpha value is -2.76. The van der Waals surface area contributed by atoms with Crippen molar-refractivity contribution in [2.24, 2.45) is 5.92 Å². The van der Waals surface area contributed by atoms with Gasteiger partial charge in [-0.15, -0.1) is 0 Å². The molecule has 1 aliphatic heterocycles. The van der Waals surface area contributed by atoms with Gasteiger partial charge < -0.3 is 20.1 Å². The number of amides is 1. The Kier molecular flexibility index (Phi) is 3.49. The van der Waals surface area contributed by atoms with Gasteiger partial charge in [-0.05, 0) is 42.7 Å². The van der Waals surface area contributed by atoms with E-state index in [0.717, 1.165) is 41.4 Å². The normalized spacial score (nSPS) is 15.3. The highest BCUT2D eigenvalue weighted by Crippen LogP contribution is 2.32. The van der Waals surface area contributed by atoms with E-state index < -0.39 is 0 Å². The Morgan fingerprint density at radius 1 is 1.17 bits per heavy atom. The molecular weight excluding hydrogens is 294 g/mol. The second kappa shape index (κ2) is 5.79. The molecule has 2 heterocycles. The van der Waals surface area contributed by atoms with Crippen molar-refractivity contribution in [1.82, 2.24) is 4.98 Å². The minimum Gasteiger partial charge on any atom is -0.454 e. The van der Waals surface area contributed by atoms with E-state index in [4.69, 9.17) is 9.47 Å². The maximum absolute atomic E-state index is 11.7. The minimum absolute atomic E-state index is 0.0906. The second-order valence-corrected chi connectivity index (χ2v) is 5.74. The summed E-state index contributed by atoms with van der Waals surface area (Å²) in [6.45, 7) is 0.916. The molecule has 1 aromatic carbocycles. The number of hydrogen-bond acceptors (Lipinski definition) is 5. The molecule has 118 valence electrons. The average Bonchev–Trinajstić information content (AvgIpc) is 3.32. The van der Waals surface area contributed by atoms with E-state index in [1.54, 1.807) is 6.20 Å². The lowest BCUT2D eigenvalue weighted by atomic mass is 10.2. The smallest absolute Gasteiger partial charge is 0.231 e. The van der Waals surface area contributed by atoms with Gasteiger partial charge in [0.15, 0.2) is 11.5 Å². The van der Waals surface area contributed by atoms with Crippen molar-refractivity contribution in [2.45, 2.75) is 19.4 Å². The molecule has 0 saturated heterocycles. The number of benzene rings is 1. The monoisotopic (exact) mass is 311 g/mol. The number of nitrogens with zero attached hydrogens (tertiary/aromatic N) is 1. The summed E-state index contributed by atoms with van der Waals surface area (Å²) in [4.78, 5) is 16.0. The number of carbonyl (C=O) groups excluding carboxylic acids is 1. The van der Waals surface area contributed by atoms with E-state index >= 15 is 0 Å². The molecule has 2 aliphatic rings. The molecule has 6 nitrogen and oxygen atoms in total. The van der Waals surface area contributed by atoms with Crippen LogP contribution in [0.1, 0.15) is 18.4 Å². The molecule has 0 unspecified atom stereocenters. The number of pyridine rings is 1. The third-order valence-electron chi connectivity index (χ3n) is 3.89. The van der Waals surface area contributed by atoms with Gasteiger partial charge in [0.05, 0.1) is 11.9 Å². The summed E-state index contributed by atoms with van der Waals surface area (Å²) < 4.78 is 10.7. The lowest BCUT2D eigenvalue weighted by Crippen LogP contribution is -2.13. The average molecular weight is 311 g/mol. The van der Waals surface area contributed by atoms with Crippen molar-refractivity contribution in [1.29, 1.82) is 0 Å². The molecule has 4 rings (SSSR count). The summed E-state index contributed by atoms with van der Waals surface area (Å²) in [7, 11) is 0. The van der Waals surface area contributed by atoms with Crippen molar-refractivity contribution in [3.05, 3.63) is 42.1 Å². The summed E-state index contributed by atoms with van der Waals surface area (Å²) in [6, 6.07) is 9.57. The maximum Gasteiger partial charge on any atom is 0.231 e. The molecule has 0 radical (unpaired) electrons. The van der Waals surface area contributed by atoms with Gasteiger partial charge in [-0.3, -0.25) is 4.79 Å². The van der Waals surface area contributed by atoms with Crippen LogP contribution in [0.5, 0.6) is 11.5 Å². The molecule has 1 fully saturated rings. The number of anilines is 2. The first-order chi connectivity index (χ1) is 11.3. The molecule has 1 aliphatic carbocycles. The zero-order chi connectivity index (χ0) is 15.6. The van der Waals surface area contributed by atoms with Crippen LogP contribution < -0.4 is 20.1 Å². The van der Waals surface area contributed by atoms with Crippen LogP contribution in [-0.4, -0.2) is 17.7 Å². The number of aromatic nitrogens is 1. The van der Waals surface area contributed by atoms with E-state index in [2.05, 4.69) is 15.6 Å². The Morgan fingerprint density at radius 2 is 2.04 bits per heavy atom. The third-order valence-corrected chi connectivity index (χ3v) is 3.89. The van der Waals surface area contributed by atoms with E-state index in [0.29, 0.717) is 6.54 Å². The molecule has 1 aromatic heterocycles. The molecule has 23 heavy (non-hydrogen) atoms. The largest absolute Gasteiger partial charge is 0.454 e. The van der Waals surface area contributed by atoms with E-state index in [1.807, 2.05) is 30.3 Å². The minimum atomic E-state index is 0.0906. The van der Waals surface area contributed by atoms with Gasteiger partial charge >= 0.3 is 0 Å². The molecular formula is C17H17N3O3. The molecule has 6 heteroatoms. The van der Waals surface area contributed by atoms with Crippen molar-refractivity contribution < 1.29 is 14.3 Å². The van der Waals surface area contributed by atoms with Crippen molar-refractivity contribution in [3.8, 4) is 11.5 Å². The summed E-state index contributed by atoms with van der Waals surface area (Å²) in [6.07, 6.45) is 3.66. The first-order valence-corrected chi connectivity index (χ1v) is 7.67. The summed E-state index contributed by atoms with van der Waals surface area (Å²) >= 11 is 0. The lowest BCUT2D eigenvalue weighted by Gasteiger charge is -2.08. The maximum atomic E-state index is 11.7. The molecule has 0 bridgehead atoms. The first-order valence-electron chi connectivity index (χ1n) is 7.67. The topological polar surface area (TPSA) is 72.5 Å². The molecule has 1 amide bonds. The highest BCUT2D eigenvalue weighted by Gasteiger charge is 2.29. The number of fused-ring (bicyclic) bond motifs is 1. The summed E-state index contributed by atoms with van der Waals surface area (Å²) in [5.74, 6) is 2.59. The van der Waals surface area contributed by atoms with Gasteiger partial charge in [0.25, 0.3) is 0 Å². The van der Waals surface area contributed by atoms with Crippen LogP contribution in [0.25, 0.3) is 0 Å². The van der Waals surface area contributed by atoms with Crippen LogP contribution in [-0.2, 0) is 11.3 Å². The number of ether oxygens (including phenoxy) is 2. The first kappa shape index (κ1) is 13.9. The van der Waals surface area contributed by atoms with Crippen LogP contribution in [0.2, 0.25) is 0 Å². The fourth-order valence-electron chi connectivity index (χ4n) is 2.41. The van der Waals surface area contributed by atoms with Crippen molar-refractivity contribution in [2.75, 3.05) is 17.4 Å². The SMILES string of the molecule is O=C(Nc1ccc(NCc2ccc3c(c2)OCO3)nc1)C1CC1. The number of hydrogen-bond donors (Lipinski definition) is 2. The highest BCUT2D eigenvalue weighted by molar-refractivity contribution is 5.93. The zero-order valence-electron chi connectivity index (χ0n) is 12.5. The second-order valence-electron chi connectivity index (χ2n) is 5.74. The zero-order valence-corrected chi connectivity index (χ0v) is 12.5. The fourth-order valence-corrected chi connectivity index (χ4v) is 2.41. The van der Waals surface area contributed by atoms with Crippen LogP contribution in [0, 0.1) is 5.92 Å². The standard InChI is InChI=1S/C17H17N3O3/c21-17(12-2-3-12)20-13-4-6-16(19-9-13)18-8-11-1-5-14-15(7-11)23-10-22-14/h1,4-7,9,12H,2-3,8,10H2,(H,18,19)(H,20,21). The van der Waals surface area contributed by atoms with Gasteiger partial charge in [-0.25, -0.2) is 4.98 Å². The van der Waals surface area contributed by atoms with Crippen LogP contribution in [0.3, 0.4) is 0 Å². The molecule has 2 N–H and O–H groups in total. The Labute approximate surface area is 133 Å². The van der Waals surface area contributed by atoms with Crippen molar-refractivity contribution in [3.63, 3.8) is 0 Å². The fraction of sp³-hybridized carbons (Fsp3) is 0.294. The third kappa shape index (κ3) is 3.21. The molecule has 1 saturated carbocycles. The molecule has 0 spiro atoms. The highest BCUT2D eigenvalue weighted by atomic mass is 16.7. The van der Waals surface area contributed by atoms with Crippen LogP contribution >= 0.6 is 0 Å². The predicted molar refractivity (Wildman–Crippen MR) is 85.5 cm³/mol. The number of nitrogens with one attached hydrogen (secondary N) is 2. The van der Waals surface area contributed by atoms with Gasteiger partial charge in [-0.1, -0.05) is 6.07 Å². The Morgan fingerprint density at radius 3 is 2.83 bits per heavy atom. The van der Waals surface area contributed by atoms with Crippen molar-refractivity contribution >= 4 is 17.4 Å².